The Morgan fingerprint density at radius 3 is 2.60 bits per heavy atom. The number of H-pyrrole nitrogens is 1. The lowest BCUT2D eigenvalue weighted by Gasteiger charge is -2.29. The number of hydrogen-bond donors (Lipinski definition) is 2. The lowest BCUT2D eigenvalue weighted by atomic mass is 10.2. The largest absolute Gasteiger partial charge is 0.378 e. The highest BCUT2D eigenvalue weighted by molar-refractivity contribution is 5.55. The molecular weight excluding hydrogens is 252 g/mol. The summed E-state index contributed by atoms with van der Waals surface area (Å²) in [5.74, 6) is 0. The molecule has 1 atom stereocenters. The van der Waals surface area contributed by atoms with Gasteiger partial charge < -0.3 is 15.0 Å². The minimum atomic E-state index is 0.215. The molecule has 0 bridgehead atoms. The molecule has 5 heteroatoms. The Hall–Kier alpha value is -2.01. The van der Waals surface area contributed by atoms with E-state index in [-0.39, 0.29) is 6.04 Å². The highest BCUT2D eigenvalue weighted by Gasteiger charge is 2.11. The maximum atomic E-state index is 5.38. The monoisotopic (exact) mass is 272 g/mol. The summed E-state index contributed by atoms with van der Waals surface area (Å²) in [6, 6.07) is 10.8. The summed E-state index contributed by atoms with van der Waals surface area (Å²) >= 11 is 0. The first-order chi connectivity index (χ1) is 9.83. The number of nitrogens with one attached hydrogen (secondary N) is 2. The molecular formula is C15H20N4O. The van der Waals surface area contributed by atoms with Crippen LogP contribution in [0.5, 0.6) is 0 Å². The van der Waals surface area contributed by atoms with Crippen LogP contribution < -0.4 is 10.2 Å². The normalized spacial score (nSPS) is 16.9. The Balaban J connectivity index is 1.63. The van der Waals surface area contributed by atoms with E-state index in [1.54, 1.807) is 6.20 Å². The Bertz CT molecular complexity index is 517. The molecule has 1 aromatic heterocycles. The quantitative estimate of drug-likeness (QED) is 0.897. The van der Waals surface area contributed by atoms with Crippen molar-refractivity contribution in [2.24, 2.45) is 0 Å². The molecule has 106 valence electrons. The van der Waals surface area contributed by atoms with Crippen molar-refractivity contribution in [3.8, 4) is 0 Å². The van der Waals surface area contributed by atoms with Gasteiger partial charge in [0.25, 0.3) is 0 Å². The van der Waals surface area contributed by atoms with Gasteiger partial charge in [-0.2, -0.15) is 5.10 Å². The Morgan fingerprint density at radius 2 is 1.95 bits per heavy atom. The third kappa shape index (κ3) is 2.93. The highest BCUT2D eigenvalue weighted by atomic mass is 16.5. The topological polar surface area (TPSA) is 53.2 Å². The van der Waals surface area contributed by atoms with E-state index in [1.165, 1.54) is 5.69 Å². The van der Waals surface area contributed by atoms with Crippen LogP contribution in [0.4, 0.5) is 11.4 Å². The zero-order valence-electron chi connectivity index (χ0n) is 11.7. The molecule has 0 aliphatic carbocycles. The van der Waals surface area contributed by atoms with Gasteiger partial charge in [0.05, 0.1) is 24.9 Å². The van der Waals surface area contributed by atoms with Crippen LogP contribution in [-0.4, -0.2) is 36.5 Å². The number of aromatic nitrogens is 2. The third-order valence-electron chi connectivity index (χ3n) is 3.62. The fraction of sp³-hybridized carbons (Fsp3) is 0.400. The van der Waals surface area contributed by atoms with E-state index in [2.05, 4.69) is 51.6 Å². The van der Waals surface area contributed by atoms with Crippen LogP contribution in [0.25, 0.3) is 0 Å². The van der Waals surface area contributed by atoms with Crippen molar-refractivity contribution in [1.82, 2.24) is 10.2 Å². The number of aromatic amines is 1. The predicted molar refractivity (Wildman–Crippen MR) is 80.1 cm³/mol. The number of ether oxygens (including phenoxy) is 1. The van der Waals surface area contributed by atoms with Gasteiger partial charge in [-0.25, -0.2) is 0 Å². The number of benzene rings is 1. The van der Waals surface area contributed by atoms with Crippen LogP contribution >= 0.6 is 0 Å². The molecule has 2 aromatic rings. The molecule has 1 unspecified atom stereocenters. The second-order valence-electron chi connectivity index (χ2n) is 5.02. The molecule has 1 saturated heterocycles. The number of morpholine rings is 1. The SMILES string of the molecule is CC(Nc1ccc(N2CCOCC2)cc1)c1ccn[nH]1. The smallest absolute Gasteiger partial charge is 0.0651 e. The maximum absolute atomic E-state index is 5.38. The molecule has 2 heterocycles. The first-order valence-corrected chi connectivity index (χ1v) is 7.01. The van der Waals surface area contributed by atoms with Crippen molar-refractivity contribution in [3.63, 3.8) is 0 Å². The van der Waals surface area contributed by atoms with Crippen molar-refractivity contribution in [3.05, 3.63) is 42.2 Å². The predicted octanol–water partition coefficient (Wildman–Crippen LogP) is 2.42. The first kappa shape index (κ1) is 13.0. The third-order valence-corrected chi connectivity index (χ3v) is 3.62. The van der Waals surface area contributed by atoms with Crippen molar-refractivity contribution >= 4 is 11.4 Å². The number of hydrogen-bond acceptors (Lipinski definition) is 4. The molecule has 0 spiro atoms. The first-order valence-electron chi connectivity index (χ1n) is 7.01. The summed E-state index contributed by atoms with van der Waals surface area (Å²) < 4.78 is 5.38. The van der Waals surface area contributed by atoms with Crippen LogP contribution in [0.1, 0.15) is 18.7 Å². The zero-order valence-corrected chi connectivity index (χ0v) is 11.7. The second kappa shape index (κ2) is 5.96. The van der Waals surface area contributed by atoms with Gasteiger partial charge in [0, 0.05) is 30.7 Å². The number of anilines is 2. The van der Waals surface area contributed by atoms with Crippen molar-refractivity contribution in [2.75, 3.05) is 36.5 Å². The summed E-state index contributed by atoms with van der Waals surface area (Å²) in [5.41, 5.74) is 3.46. The molecule has 0 saturated carbocycles. The van der Waals surface area contributed by atoms with Crippen molar-refractivity contribution in [2.45, 2.75) is 13.0 Å². The number of nitrogens with zero attached hydrogens (tertiary/aromatic N) is 2. The fourth-order valence-corrected chi connectivity index (χ4v) is 2.43. The summed E-state index contributed by atoms with van der Waals surface area (Å²) in [6.07, 6.45) is 1.77. The standard InChI is InChI=1S/C15H20N4O/c1-12(15-6-7-16-18-15)17-13-2-4-14(5-3-13)19-8-10-20-11-9-19/h2-7,12,17H,8-11H2,1H3,(H,16,18). The van der Waals surface area contributed by atoms with Gasteiger partial charge in [-0.15, -0.1) is 0 Å². The summed E-state index contributed by atoms with van der Waals surface area (Å²) in [6.45, 7) is 5.69. The summed E-state index contributed by atoms with van der Waals surface area (Å²) in [5, 5.41) is 10.4. The van der Waals surface area contributed by atoms with Crippen LogP contribution in [0.15, 0.2) is 36.5 Å². The molecule has 1 aromatic carbocycles. The van der Waals surface area contributed by atoms with Crippen LogP contribution in [0.2, 0.25) is 0 Å². The van der Waals surface area contributed by atoms with E-state index in [0.29, 0.717) is 0 Å². The highest BCUT2D eigenvalue weighted by Crippen LogP contribution is 2.22. The molecule has 3 rings (SSSR count). The molecule has 1 fully saturated rings. The maximum Gasteiger partial charge on any atom is 0.0651 e. The van der Waals surface area contributed by atoms with Crippen molar-refractivity contribution < 1.29 is 4.74 Å². The minimum Gasteiger partial charge on any atom is -0.378 e. The summed E-state index contributed by atoms with van der Waals surface area (Å²) in [4.78, 5) is 2.35. The Kier molecular flexibility index (Phi) is 3.87. The van der Waals surface area contributed by atoms with Gasteiger partial charge in [0.15, 0.2) is 0 Å². The van der Waals surface area contributed by atoms with Crippen molar-refractivity contribution in [1.29, 1.82) is 0 Å². The van der Waals surface area contributed by atoms with Gasteiger partial charge in [-0.1, -0.05) is 0 Å². The lowest BCUT2D eigenvalue weighted by molar-refractivity contribution is 0.122. The van der Waals surface area contributed by atoms with Gasteiger partial charge in [0.2, 0.25) is 0 Å². The number of rotatable bonds is 4. The van der Waals surface area contributed by atoms with Gasteiger partial charge in [-0.05, 0) is 37.3 Å². The average Bonchev–Trinajstić information content (AvgIpc) is 3.03. The Labute approximate surface area is 118 Å². The average molecular weight is 272 g/mol. The van der Waals surface area contributed by atoms with Gasteiger partial charge >= 0.3 is 0 Å². The van der Waals surface area contributed by atoms with Crippen LogP contribution in [0, 0.1) is 0 Å². The molecule has 0 amide bonds. The Morgan fingerprint density at radius 1 is 1.20 bits per heavy atom. The van der Waals surface area contributed by atoms with Gasteiger partial charge in [0.1, 0.15) is 0 Å². The minimum absolute atomic E-state index is 0.215. The molecule has 5 nitrogen and oxygen atoms in total. The molecule has 2 N–H and O–H groups in total. The summed E-state index contributed by atoms with van der Waals surface area (Å²) in [7, 11) is 0. The molecule has 1 aliphatic heterocycles. The second-order valence-corrected chi connectivity index (χ2v) is 5.02. The lowest BCUT2D eigenvalue weighted by Crippen LogP contribution is -2.36. The molecule has 20 heavy (non-hydrogen) atoms. The van der Waals surface area contributed by atoms with E-state index in [4.69, 9.17) is 4.74 Å². The van der Waals surface area contributed by atoms with E-state index in [1.807, 2.05) is 6.07 Å². The van der Waals surface area contributed by atoms with E-state index < -0.39 is 0 Å². The van der Waals surface area contributed by atoms with Crippen LogP contribution in [-0.2, 0) is 4.74 Å². The van der Waals surface area contributed by atoms with Crippen LogP contribution in [0.3, 0.4) is 0 Å². The molecule has 0 radical (unpaired) electrons. The van der Waals surface area contributed by atoms with E-state index >= 15 is 0 Å². The van der Waals surface area contributed by atoms with E-state index in [9.17, 15) is 0 Å². The van der Waals surface area contributed by atoms with E-state index in [0.717, 1.165) is 37.7 Å². The van der Waals surface area contributed by atoms with Gasteiger partial charge in [-0.3, -0.25) is 5.10 Å². The molecule has 1 aliphatic rings. The zero-order chi connectivity index (χ0) is 13.8. The fourth-order valence-electron chi connectivity index (χ4n) is 2.43.